The number of carbonyl (C=O) groups excluding carboxylic acids is 1. The molecule has 7 nitrogen and oxygen atoms in total. The minimum atomic E-state index is -4.14. The standard InChI is InChI=1S/C14H12BrClF2N4O3S/c15-8-4-12(19-7-11(17)18)20-13(5-8)21-14(23)22-26(24,25)10-3-1-2-9(16)6-10/h1-6,11H,7H2,(H3,19,20,21,22,23). The maximum atomic E-state index is 12.2. The summed E-state index contributed by atoms with van der Waals surface area (Å²) in [7, 11) is -4.14. The quantitative estimate of drug-likeness (QED) is 0.599. The summed E-state index contributed by atoms with van der Waals surface area (Å²) in [6.07, 6.45) is -2.58. The molecule has 0 aliphatic rings. The first-order valence-corrected chi connectivity index (χ1v) is 9.60. The molecule has 0 fully saturated rings. The summed E-state index contributed by atoms with van der Waals surface area (Å²) in [6.45, 7) is -0.627. The fraction of sp³-hybridized carbons (Fsp3) is 0.143. The molecule has 0 atom stereocenters. The van der Waals surface area contributed by atoms with E-state index in [0.29, 0.717) is 4.47 Å². The predicted octanol–water partition coefficient (Wildman–Crippen LogP) is 3.68. The van der Waals surface area contributed by atoms with E-state index in [1.165, 1.54) is 36.4 Å². The van der Waals surface area contributed by atoms with Crippen molar-refractivity contribution in [3.05, 3.63) is 45.9 Å². The van der Waals surface area contributed by atoms with Crippen LogP contribution in [0.2, 0.25) is 5.02 Å². The second kappa shape index (κ2) is 8.60. The first kappa shape index (κ1) is 20.3. The Morgan fingerprint density at radius 2 is 1.92 bits per heavy atom. The van der Waals surface area contributed by atoms with Gasteiger partial charge in [0, 0.05) is 9.50 Å². The Labute approximate surface area is 161 Å². The first-order valence-electron chi connectivity index (χ1n) is 6.95. The molecule has 2 aromatic rings. The number of alkyl halides is 2. The van der Waals surface area contributed by atoms with E-state index in [1.807, 2.05) is 0 Å². The van der Waals surface area contributed by atoms with Crippen molar-refractivity contribution in [1.82, 2.24) is 9.71 Å². The van der Waals surface area contributed by atoms with E-state index in [-0.39, 0.29) is 21.6 Å². The van der Waals surface area contributed by atoms with Gasteiger partial charge in [0.15, 0.2) is 0 Å². The van der Waals surface area contributed by atoms with Crippen molar-refractivity contribution in [3.8, 4) is 0 Å². The molecule has 2 amide bonds. The number of nitrogens with one attached hydrogen (secondary N) is 3. The summed E-state index contributed by atoms with van der Waals surface area (Å²) >= 11 is 8.88. The van der Waals surface area contributed by atoms with Crippen molar-refractivity contribution in [2.45, 2.75) is 11.3 Å². The summed E-state index contributed by atoms with van der Waals surface area (Å²) in [5.41, 5.74) is 0. The number of aromatic nitrogens is 1. The Morgan fingerprint density at radius 3 is 2.58 bits per heavy atom. The van der Waals surface area contributed by atoms with Crippen LogP contribution in [0.1, 0.15) is 0 Å². The fourth-order valence-electron chi connectivity index (χ4n) is 1.79. The normalized spacial score (nSPS) is 11.3. The number of hydrogen-bond donors (Lipinski definition) is 3. The lowest BCUT2D eigenvalue weighted by Gasteiger charge is -2.11. The third-order valence-corrected chi connectivity index (χ3v) is 4.82. The predicted molar refractivity (Wildman–Crippen MR) is 97.2 cm³/mol. The topological polar surface area (TPSA) is 100 Å². The van der Waals surface area contributed by atoms with Gasteiger partial charge in [0.25, 0.3) is 16.4 Å². The van der Waals surface area contributed by atoms with Crippen molar-refractivity contribution in [2.75, 3.05) is 17.2 Å². The van der Waals surface area contributed by atoms with Crippen LogP contribution in [0.4, 0.5) is 25.2 Å². The zero-order valence-electron chi connectivity index (χ0n) is 12.8. The van der Waals surface area contributed by atoms with Crippen LogP contribution in [0.3, 0.4) is 0 Å². The van der Waals surface area contributed by atoms with Gasteiger partial charge in [-0.3, -0.25) is 5.32 Å². The molecule has 0 bridgehead atoms. The van der Waals surface area contributed by atoms with Crippen LogP contribution < -0.4 is 15.4 Å². The van der Waals surface area contributed by atoms with Crippen molar-refractivity contribution >= 4 is 55.2 Å². The average Bonchev–Trinajstić information content (AvgIpc) is 2.51. The average molecular weight is 470 g/mol. The number of pyridine rings is 1. The number of amides is 2. The summed E-state index contributed by atoms with van der Waals surface area (Å²) in [5, 5.41) is 4.80. The number of urea groups is 1. The molecule has 12 heteroatoms. The zero-order valence-corrected chi connectivity index (χ0v) is 16.0. The summed E-state index contributed by atoms with van der Waals surface area (Å²) in [6, 6.07) is 7.08. The summed E-state index contributed by atoms with van der Waals surface area (Å²) in [5.74, 6) is 0.0302. The van der Waals surface area contributed by atoms with Crippen molar-refractivity contribution < 1.29 is 22.0 Å². The van der Waals surface area contributed by atoms with Crippen LogP contribution in [0, 0.1) is 0 Å². The smallest absolute Gasteiger partial charge is 0.334 e. The highest BCUT2D eigenvalue weighted by Crippen LogP contribution is 2.20. The second-order valence-electron chi connectivity index (χ2n) is 4.84. The molecule has 1 aromatic heterocycles. The number of nitrogens with zero attached hydrogens (tertiary/aromatic N) is 1. The van der Waals surface area contributed by atoms with Crippen LogP contribution in [-0.2, 0) is 10.0 Å². The minimum Gasteiger partial charge on any atom is -0.364 e. The van der Waals surface area contributed by atoms with Gasteiger partial charge in [-0.15, -0.1) is 0 Å². The Kier molecular flexibility index (Phi) is 6.73. The van der Waals surface area contributed by atoms with E-state index in [0.717, 1.165) is 0 Å². The van der Waals surface area contributed by atoms with Crippen LogP contribution in [0.25, 0.3) is 0 Å². The molecule has 0 radical (unpaired) electrons. The minimum absolute atomic E-state index is 0.0464. The maximum absolute atomic E-state index is 12.2. The highest BCUT2D eigenvalue weighted by molar-refractivity contribution is 9.10. The molecular weight excluding hydrogens is 458 g/mol. The largest absolute Gasteiger partial charge is 0.364 e. The molecule has 2 rings (SSSR count). The highest BCUT2D eigenvalue weighted by atomic mass is 79.9. The van der Waals surface area contributed by atoms with Crippen molar-refractivity contribution in [1.29, 1.82) is 0 Å². The Bertz CT molecular complexity index is 915. The Balaban J connectivity index is 2.09. The SMILES string of the molecule is O=C(Nc1cc(Br)cc(NCC(F)F)n1)NS(=O)(=O)c1cccc(Cl)c1. The number of hydrogen-bond acceptors (Lipinski definition) is 5. The van der Waals surface area contributed by atoms with E-state index in [4.69, 9.17) is 11.6 Å². The molecule has 0 saturated carbocycles. The van der Waals surface area contributed by atoms with E-state index < -0.39 is 29.0 Å². The number of sulfonamides is 1. The summed E-state index contributed by atoms with van der Waals surface area (Å²) in [4.78, 5) is 15.7. The number of carbonyl (C=O) groups is 1. The van der Waals surface area contributed by atoms with Crippen molar-refractivity contribution in [2.24, 2.45) is 0 Å². The molecule has 3 N–H and O–H groups in total. The Hall–Kier alpha value is -1.98. The van der Waals surface area contributed by atoms with E-state index in [9.17, 15) is 22.0 Å². The van der Waals surface area contributed by atoms with Crippen LogP contribution in [0.15, 0.2) is 45.8 Å². The molecule has 140 valence electrons. The molecule has 1 heterocycles. The van der Waals surface area contributed by atoms with Gasteiger partial charge < -0.3 is 5.32 Å². The van der Waals surface area contributed by atoms with Gasteiger partial charge in [0.05, 0.1) is 11.4 Å². The lowest BCUT2D eigenvalue weighted by molar-refractivity contribution is 0.163. The number of benzene rings is 1. The lowest BCUT2D eigenvalue weighted by atomic mass is 10.4. The van der Waals surface area contributed by atoms with Gasteiger partial charge in [-0.25, -0.2) is 31.7 Å². The van der Waals surface area contributed by atoms with E-state index >= 15 is 0 Å². The number of anilines is 2. The third kappa shape index (κ3) is 6.07. The number of rotatable bonds is 6. The van der Waals surface area contributed by atoms with Gasteiger partial charge in [0.1, 0.15) is 11.6 Å². The second-order valence-corrected chi connectivity index (χ2v) is 7.88. The molecular formula is C14H12BrClF2N4O3S. The first-order chi connectivity index (χ1) is 12.2. The fourth-order valence-corrected chi connectivity index (χ4v) is 3.43. The molecule has 26 heavy (non-hydrogen) atoms. The van der Waals surface area contributed by atoms with Crippen molar-refractivity contribution in [3.63, 3.8) is 0 Å². The van der Waals surface area contributed by atoms with Crippen LogP contribution in [0.5, 0.6) is 0 Å². The zero-order chi connectivity index (χ0) is 19.3. The molecule has 0 saturated heterocycles. The van der Waals surface area contributed by atoms with Gasteiger partial charge in [0.2, 0.25) is 0 Å². The molecule has 0 aliphatic heterocycles. The summed E-state index contributed by atoms with van der Waals surface area (Å²) < 4.78 is 51.0. The van der Waals surface area contributed by atoms with Gasteiger partial charge in [-0.05, 0) is 30.3 Å². The Morgan fingerprint density at radius 1 is 1.23 bits per heavy atom. The van der Waals surface area contributed by atoms with Gasteiger partial charge in [-0.2, -0.15) is 0 Å². The molecule has 0 unspecified atom stereocenters. The van der Waals surface area contributed by atoms with Gasteiger partial charge >= 0.3 is 6.03 Å². The third-order valence-electron chi connectivity index (χ3n) is 2.80. The maximum Gasteiger partial charge on any atom is 0.334 e. The molecule has 0 spiro atoms. The monoisotopic (exact) mass is 468 g/mol. The highest BCUT2D eigenvalue weighted by Gasteiger charge is 2.18. The molecule has 1 aromatic carbocycles. The van der Waals surface area contributed by atoms with E-state index in [1.54, 1.807) is 4.72 Å². The van der Waals surface area contributed by atoms with E-state index in [2.05, 4.69) is 31.5 Å². The van der Waals surface area contributed by atoms with Crippen LogP contribution >= 0.6 is 27.5 Å². The molecule has 0 aliphatic carbocycles. The van der Waals surface area contributed by atoms with Gasteiger partial charge in [-0.1, -0.05) is 33.6 Å². The lowest BCUT2D eigenvalue weighted by Crippen LogP contribution is -2.34. The number of halogens is 4. The van der Waals surface area contributed by atoms with Crippen LogP contribution in [-0.4, -0.2) is 32.4 Å².